The number of halogens is 5. The third-order valence-electron chi connectivity index (χ3n) is 5.88. The smallest absolute Gasteiger partial charge is 0.390 e. The Morgan fingerprint density at radius 3 is 2.39 bits per heavy atom. The van der Waals surface area contributed by atoms with Crippen molar-refractivity contribution < 1.29 is 28.2 Å². The highest BCUT2D eigenvalue weighted by Gasteiger charge is 2.39. The lowest BCUT2D eigenvalue weighted by Gasteiger charge is -2.15. The molecule has 1 atom stereocenters. The van der Waals surface area contributed by atoms with E-state index in [1.807, 2.05) is 0 Å². The molecule has 0 aliphatic carbocycles. The predicted octanol–water partition coefficient (Wildman–Crippen LogP) is 3.70. The number of hydrogen-bond donors (Lipinski definition) is 2. The van der Waals surface area contributed by atoms with Crippen molar-refractivity contribution in [3.63, 3.8) is 0 Å². The van der Waals surface area contributed by atoms with Gasteiger partial charge in [-0.3, -0.25) is 9.36 Å². The van der Waals surface area contributed by atoms with Crippen molar-refractivity contribution in [1.29, 1.82) is 0 Å². The summed E-state index contributed by atoms with van der Waals surface area (Å²) in [6.07, 6.45) is -6.37. The molecule has 0 bridgehead atoms. The van der Waals surface area contributed by atoms with Gasteiger partial charge in [-0.1, -0.05) is 23.2 Å². The summed E-state index contributed by atoms with van der Waals surface area (Å²) in [6, 6.07) is 8.96. The molecule has 4 rings (SSSR count). The first-order chi connectivity index (χ1) is 19.1. The molecule has 2 N–H and O–H groups in total. The van der Waals surface area contributed by atoms with E-state index in [0.29, 0.717) is 9.59 Å². The van der Waals surface area contributed by atoms with Crippen LogP contribution in [-0.2, 0) is 13.1 Å². The Hall–Kier alpha value is -3.59. The quantitative estimate of drug-likeness (QED) is 0.204. The fourth-order valence-electron chi connectivity index (χ4n) is 3.77. The highest BCUT2D eigenvalue weighted by atomic mass is 35.5. The van der Waals surface area contributed by atoms with Crippen LogP contribution >= 0.6 is 23.2 Å². The lowest BCUT2D eigenvalue weighted by atomic mass is 10.0. The first kappa shape index (κ1) is 30.4. The van der Waals surface area contributed by atoms with Gasteiger partial charge >= 0.3 is 11.9 Å². The van der Waals surface area contributed by atoms with Gasteiger partial charge in [0.1, 0.15) is 12.2 Å². The minimum absolute atomic E-state index is 0.00750. The van der Waals surface area contributed by atoms with Gasteiger partial charge in [-0.25, -0.2) is 24.1 Å². The third-order valence-corrected chi connectivity index (χ3v) is 6.42. The molecule has 0 amide bonds. The maximum atomic E-state index is 13.2. The molecule has 0 saturated heterocycles. The molecule has 3 heterocycles. The van der Waals surface area contributed by atoms with E-state index in [-0.39, 0.29) is 46.7 Å². The molecule has 41 heavy (non-hydrogen) atoms. The Balaban J connectivity index is 1.77. The van der Waals surface area contributed by atoms with Crippen molar-refractivity contribution in [1.82, 2.24) is 34.1 Å². The topological polar surface area (TPSA) is 141 Å². The Morgan fingerprint density at radius 2 is 1.78 bits per heavy atom. The van der Waals surface area contributed by atoms with E-state index in [9.17, 15) is 33.0 Å². The van der Waals surface area contributed by atoms with Crippen molar-refractivity contribution in [2.24, 2.45) is 0 Å². The molecule has 0 unspecified atom stereocenters. The monoisotopic (exact) mass is 613 g/mol. The minimum atomic E-state index is -4.99. The molecule has 0 saturated carbocycles. The van der Waals surface area contributed by atoms with Gasteiger partial charge in [-0.2, -0.15) is 13.2 Å². The maximum absolute atomic E-state index is 13.2. The molecule has 3 aromatic heterocycles. The average Bonchev–Trinajstić information content (AvgIpc) is 3.44. The molecule has 0 spiro atoms. The molecule has 218 valence electrons. The Kier molecular flexibility index (Phi) is 8.68. The zero-order chi connectivity index (χ0) is 30.1. The summed E-state index contributed by atoms with van der Waals surface area (Å²) in [7, 11) is 0. The van der Waals surface area contributed by atoms with Gasteiger partial charge in [-0.15, -0.1) is 10.2 Å². The van der Waals surface area contributed by atoms with Gasteiger partial charge in [0.25, 0.3) is 0 Å². The van der Waals surface area contributed by atoms with Crippen LogP contribution in [0.1, 0.15) is 43.1 Å². The van der Waals surface area contributed by atoms with Crippen LogP contribution in [0.25, 0.3) is 17.1 Å². The van der Waals surface area contributed by atoms with Crippen LogP contribution in [0.3, 0.4) is 0 Å². The van der Waals surface area contributed by atoms with E-state index in [4.69, 9.17) is 23.2 Å². The summed E-state index contributed by atoms with van der Waals surface area (Å²) < 4.78 is 42.1. The molecule has 16 heteroatoms. The van der Waals surface area contributed by atoms with Crippen LogP contribution in [0.5, 0.6) is 0 Å². The van der Waals surface area contributed by atoms with Crippen molar-refractivity contribution in [3.8, 4) is 17.1 Å². The Labute approximate surface area is 240 Å². The van der Waals surface area contributed by atoms with Crippen LogP contribution in [0.2, 0.25) is 10.2 Å². The molecule has 0 aliphatic rings. The molecular formula is C25H24Cl2F3N7O4. The van der Waals surface area contributed by atoms with E-state index in [2.05, 4.69) is 20.2 Å². The predicted molar refractivity (Wildman–Crippen MR) is 142 cm³/mol. The standard InChI is InChI=1S/C25H24Cl2F3N7O4/c1-24(2,41)10-9-17(38)22-32-19(33-37(22)16-4-3-11-31-20(16)27)13-36-23(40)35(12-18(39)25(28,29)30)21(34-36)14-5-7-15(26)8-6-14/h3-8,11,18,39,41H,9-10,12-13H2,1-2H3/t18-/m0/s1. The minimum Gasteiger partial charge on any atom is -0.390 e. The van der Waals surface area contributed by atoms with E-state index in [0.717, 1.165) is 9.36 Å². The maximum Gasteiger partial charge on any atom is 0.416 e. The molecule has 0 radical (unpaired) electrons. The number of aromatic nitrogens is 7. The number of aliphatic hydroxyl groups excluding tert-OH is 1. The normalized spacial score (nSPS) is 13.0. The van der Waals surface area contributed by atoms with Crippen molar-refractivity contribution in [3.05, 3.63) is 74.9 Å². The first-order valence-electron chi connectivity index (χ1n) is 12.1. The number of carbonyl (C=O) groups is 1. The van der Waals surface area contributed by atoms with Gasteiger partial charge in [-0.05, 0) is 56.7 Å². The lowest BCUT2D eigenvalue weighted by molar-refractivity contribution is -0.207. The van der Waals surface area contributed by atoms with Crippen LogP contribution in [0.4, 0.5) is 13.2 Å². The van der Waals surface area contributed by atoms with Crippen LogP contribution in [0, 0.1) is 0 Å². The van der Waals surface area contributed by atoms with Crippen LogP contribution in [0.15, 0.2) is 47.4 Å². The fraction of sp³-hybridized carbons (Fsp3) is 0.360. The SMILES string of the molecule is CC(C)(O)CCC(=O)c1nc(Cn2nc(-c3ccc(Cl)cc3)n(C[C@H](O)C(F)(F)F)c2=O)nn1-c1cccnc1Cl. The molecule has 11 nitrogen and oxygen atoms in total. The van der Waals surface area contributed by atoms with E-state index in [1.54, 1.807) is 26.0 Å². The summed E-state index contributed by atoms with van der Waals surface area (Å²) in [5, 5.41) is 28.6. The average molecular weight is 614 g/mol. The number of ketones is 1. The second-order valence-electron chi connectivity index (χ2n) is 9.75. The first-order valence-corrected chi connectivity index (χ1v) is 12.9. The van der Waals surface area contributed by atoms with Gasteiger partial charge in [0.15, 0.2) is 34.5 Å². The number of rotatable bonds is 10. The van der Waals surface area contributed by atoms with Crippen LogP contribution in [-0.4, -0.2) is 68.0 Å². The molecule has 0 fully saturated rings. The number of hydrogen-bond acceptors (Lipinski definition) is 8. The molecular weight excluding hydrogens is 590 g/mol. The van der Waals surface area contributed by atoms with E-state index >= 15 is 0 Å². The summed E-state index contributed by atoms with van der Waals surface area (Å²) in [4.78, 5) is 34.6. The Morgan fingerprint density at radius 1 is 1.10 bits per heavy atom. The van der Waals surface area contributed by atoms with Gasteiger partial charge in [0.2, 0.25) is 0 Å². The highest BCUT2D eigenvalue weighted by molar-refractivity contribution is 6.31. The number of nitrogens with zero attached hydrogens (tertiary/aromatic N) is 7. The second-order valence-corrected chi connectivity index (χ2v) is 10.5. The number of aliphatic hydroxyl groups is 2. The zero-order valence-corrected chi connectivity index (χ0v) is 23.2. The Bertz CT molecular complexity index is 1610. The fourth-order valence-corrected chi connectivity index (χ4v) is 4.09. The molecule has 4 aromatic rings. The van der Waals surface area contributed by atoms with E-state index < -0.39 is 42.4 Å². The summed E-state index contributed by atoms with van der Waals surface area (Å²) in [6.45, 7) is 1.54. The summed E-state index contributed by atoms with van der Waals surface area (Å²) in [5.41, 5.74) is -1.63. The summed E-state index contributed by atoms with van der Waals surface area (Å²) in [5.74, 6) is -0.885. The van der Waals surface area contributed by atoms with Crippen molar-refractivity contribution in [2.45, 2.75) is 57.7 Å². The van der Waals surface area contributed by atoms with Gasteiger partial charge < -0.3 is 10.2 Å². The van der Waals surface area contributed by atoms with Crippen molar-refractivity contribution >= 4 is 29.0 Å². The van der Waals surface area contributed by atoms with Crippen molar-refractivity contribution in [2.75, 3.05) is 0 Å². The van der Waals surface area contributed by atoms with Crippen LogP contribution < -0.4 is 5.69 Å². The lowest BCUT2D eigenvalue weighted by Crippen LogP contribution is -2.37. The number of alkyl halides is 3. The number of benzene rings is 1. The van der Waals surface area contributed by atoms with Gasteiger partial charge in [0.05, 0.1) is 12.1 Å². The van der Waals surface area contributed by atoms with E-state index in [1.165, 1.54) is 30.5 Å². The number of pyridine rings is 1. The highest BCUT2D eigenvalue weighted by Crippen LogP contribution is 2.25. The number of Topliss-reactive ketones (excluding diaryl/α,β-unsaturated/α-hetero) is 1. The second kappa shape index (κ2) is 11.7. The third kappa shape index (κ3) is 7.19. The molecule has 1 aromatic carbocycles. The zero-order valence-electron chi connectivity index (χ0n) is 21.7. The van der Waals surface area contributed by atoms with Gasteiger partial charge in [0, 0.05) is 23.2 Å². The number of carbonyl (C=O) groups excluding carboxylic acids is 1. The molecule has 0 aliphatic heterocycles. The summed E-state index contributed by atoms with van der Waals surface area (Å²) >= 11 is 12.1. The largest absolute Gasteiger partial charge is 0.416 e.